The molecule has 2 aromatic heterocycles. The van der Waals surface area contributed by atoms with Gasteiger partial charge in [0.2, 0.25) is 0 Å². The summed E-state index contributed by atoms with van der Waals surface area (Å²) in [6.45, 7) is 0. The number of hydrogen-bond donors (Lipinski definition) is 0. The fourth-order valence-corrected chi connectivity index (χ4v) is 5.88. The molecular formula is C37H25N3. The predicted octanol–water partition coefficient (Wildman–Crippen LogP) is 9.46. The molecule has 0 saturated carbocycles. The molecule has 0 saturated heterocycles. The van der Waals surface area contributed by atoms with Crippen molar-refractivity contribution in [3.05, 3.63) is 152 Å². The third-order valence-corrected chi connectivity index (χ3v) is 7.74. The van der Waals surface area contributed by atoms with Gasteiger partial charge in [0.1, 0.15) is 5.82 Å². The van der Waals surface area contributed by atoms with Gasteiger partial charge in [-0.25, -0.2) is 4.98 Å². The third-order valence-electron chi connectivity index (χ3n) is 7.74. The molecular weight excluding hydrogens is 486 g/mol. The van der Waals surface area contributed by atoms with Crippen LogP contribution in [0.2, 0.25) is 0 Å². The molecule has 2 heterocycles. The minimum atomic E-state index is 0.945. The van der Waals surface area contributed by atoms with Crippen molar-refractivity contribution < 1.29 is 0 Å². The first kappa shape index (κ1) is 22.6. The Hall–Kier alpha value is -5.41. The molecule has 0 radical (unpaired) electrons. The zero-order valence-electron chi connectivity index (χ0n) is 21.8. The molecule has 40 heavy (non-hydrogen) atoms. The second kappa shape index (κ2) is 9.11. The van der Waals surface area contributed by atoms with Gasteiger partial charge in [0, 0.05) is 27.7 Å². The second-order valence-electron chi connectivity index (χ2n) is 10.1. The molecule has 0 spiro atoms. The molecule has 0 aliphatic rings. The number of rotatable bonds is 4. The number of para-hydroxylation sites is 5. The minimum absolute atomic E-state index is 0.945. The van der Waals surface area contributed by atoms with Crippen LogP contribution in [-0.2, 0) is 0 Å². The molecule has 188 valence electrons. The Morgan fingerprint density at radius 2 is 0.925 bits per heavy atom. The first-order valence-electron chi connectivity index (χ1n) is 13.6. The van der Waals surface area contributed by atoms with E-state index < -0.39 is 0 Å². The topological polar surface area (TPSA) is 22.8 Å². The van der Waals surface area contributed by atoms with Gasteiger partial charge >= 0.3 is 0 Å². The van der Waals surface area contributed by atoms with Gasteiger partial charge in [-0.2, -0.15) is 0 Å². The molecule has 0 bridgehead atoms. The number of benzene rings is 6. The summed E-state index contributed by atoms with van der Waals surface area (Å²) < 4.78 is 4.60. The lowest BCUT2D eigenvalue weighted by molar-refractivity contribution is 1.10. The van der Waals surface area contributed by atoms with Gasteiger partial charge in [0.15, 0.2) is 0 Å². The molecule has 8 rings (SSSR count). The molecule has 3 heteroatoms. The van der Waals surface area contributed by atoms with Gasteiger partial charge < -0.3 is 4.57 Å². The van der Waals surface area contributed by atoms with E-state index >= 15 is 0 Å². The van der Waals surface area contributed by atoms with E-state index in [-0.39, 0.29) is 0 Å². The Kier molecular flexibility index (Phi) is 5.14. The number of nitrogens with zero attached hydrogens (tertiary/aromatic N) is 3. The van der Waals surface area contributed by atoms with E-state index in [1.54, 1.807) is 0 Å². The maximum atomic E-state index is 5.03. The van der Waals surface area contributed by atoms with Crippen LogP contribution >= 0.6 is 0 Å². The van der Waals surface area contributed by atoms with Crippen LogP contribution in [0, 0.1) is 0 Å². The summed E-state index contributed by atoms with van der Waals surface area (Å²) in [5, 5.41) is 2.52. The highest BCUT2D eigenvalue weighted by Crippen LogP contribution is 2.36. The van der Waals surface area contributed by atoms with Crippen LogP contribution in [0.15, 0.2) is 152 Å². The summed E-state index contributed by atoms with van der Waals surface area (Å²) in [5.41, 5.74) is 10.3. The Morgan fingerprint density at radius 3 is 1.68 bits per heavy atom. The zero-order chi connectivity index (χ0) is 26.5. The fourth-order valence-electron chi connectivity index (χ4n) is 5.88. The van der Waals surface area contributed by atoms with E-state index in [1.807, 2.05) is 12.1 Å². The first-order chi connectivity index (χ1) is 19.8. The van der Waals surface area contributed by atoms with Crippen molar-refractivity contribution in [2.75, 3.05) is 0 Å². The first-order valence-corrected chi connectivity index (χ1v) is 13.6. The van der Waals surface area contributed by atoms with E-state index in [9.17, 15) is 0 Å². The van der Waals surface area contributed by atoms with E-state index in [1.165, 1.54) is 38.6 Å². The van der Waals surface area contributed by atoms with Crippen LogP contribution in [0.25, 0.3) is 66.7 Å². The maximum absolute atomic E-state index is 5.03. The van der Waals surface area contributed by atoms with Crippen molar-refractivity contribution in [1.82, 2.24) is 14.1 Å². The number of hydrogen-bond acceptors (Lipinski definition) is 1. The molecule has 3 nitrogen and oxygen atoms in total. The lowest BCUT2D eigenvalue weighted by Gasteiger charge is -2.10. The molecule has 0 atom stereocenters. The maximum Gasteiger partial charge on any atom is 0.145 e. The standard InChI is InChI=1S/C37H25N3/c1-3-11-29(12-4-1)39-34-17-9-7-15-31(34)32-25-28(23-24-35(32)39)26-19-21-27(22-20-26)37-38-33-16-8-10-18-36(33)40(37)30-13-5-2-6-14-30/h1-25H. The normalized spacial score (nSPS) is 11.5. The molecule has 0 N–H and O–H groups in total. The third kappa shape index (κ3) is 3.56. The summed E-state index contributed by atoms with van der Waals surface area (Å²) in [6, 6.07) is 53.6. The Morgan fingerprint density at radius 1 is 0.375 bits per heavy atom. The highest BCUT2D eigenvalue weighted by molar-refractivity contribution is 6.10. The molecule has 8 aromatic rings. The number of aromatic nitrogens is 3. The van der Waals surface area contributed by atoms with Crippen molar-refractivity contribution in [3.8, 4) is 33.9 Å². The van der Waals surface area contributed by atoms with Crippen molar-refractivity contribution in [2.24, 2.45) is 0 Å². The van der Waals surface area contributed by atoms with Gasteiger partial charge in [0.05, 0.1) is 22.1 Å². The molecule has 0 aliphatic carbocycles. The van der Waals surface area contributed by atoms with E-state index in [2.05, 4.69) is 149 Å². The highest BCUT2D eigenvalue weighted by atomic mass is 15.1. The van der Waals surface area contributed by atoms with E-state index in [0.717, 1.165) is 28.1 Å². The van der Waals surface area contributed by atoms with Crippen LogP contribution < -0.4 is 0 Å². The summed E-state index contributed by atoms with van der Waals surface area (Å²) in [6.07, 6.45) is 0. The fraction of sp³-hybridized carbons (Fsp3) is 0. The quantitative estimate of drug-likeness (QED) is 0.231. The molecule has 0 fully saturated rings. The van der Waals surface area contributed by atoms with Crippen LogP contribution in [0.3, 0.4) is 0 Å². The van der Waals surface area contributed by atoms with Crippen molar-refractivity contribution in [2.45, 2.75) is 0 Å². The van der Waals surface area contributed by atoms with Gasteiger partial charge in [-0.05, 0) is 65.7 Å². The Balaban J connectivity index is 1.25. The van der Waals surface area contributed by atoms with Crippen LogP contribution in [0.4, 0.5) is 0 Å². The largest absolute Gasteiger partial charge is 0.309 e. The highest BCUT2D eigenvalue weighted by Gasteiger charge is 2.15. The number of fused-ring (bicyclic) bond motifs is 4. The second-order valence-corrected chi connectivity index (χ2v) is 10.1. The molecule has 0 amide bonds. The van der Waals surface area contributed by atoms with Crippen LogP contribution in [0.5, 0.6) is 0 Å². The smallest absolute Gasteiger partial charge is 0.145 e. The SMILES string of the molecule is c1ccc(-n2c(-c3ccc(-c4ccc5c(c4)c4ccccc4n5-c4ccccc4)cc3)nc3ccccc32)cc1. The average Bonchev–Trinajstić information content (AvgIpc) is 3.58. The van der Waals surface area contributed by atoms with Crippen molar-refractivity contribution in [1.29, 1.82) is 0 Å². The van der Waals surface area contributed by atoms with E-state index in [0.29, 0.717) is 0 Å². The Bertz CT molecular complexity index is 2130. The predicted molar refractivity (Wildman–Crippen MR) is 166 cm³/mol. The number of imidazole rings is 1. The molecule has 0 unspecified atom stereocenters. The molecule has 0 aliphatic heterocycles. The van der Waals surface area contributed by atoms with Crippen LogP contribution in [0.1, 0.15) is 0 Å². The lowest BCUT2D eigenvalue weighted by Crippen LogP contribution is -1.97. The van der Waals surface area contributed by atoms with Crippen molar-refractivity contribution >= 4 is 32.8 Å². The van der Waals surface area contributed by atoms with E-state index in [4.69, 9.17) is 4.98 Å². The van der Waals surface area contributed by atoms with Crippen LogP contribution in [-0.4, -0.2) is 14.1 Å². The Labute approximate surface area is 232 Å². The lowest BCUT2D eigenvalue weighted by atomic mass is 10.0. The van der Waals surface area contributed by atoms with Gasteiger partial charge in [-0.15, -0.1) is 0 Å². The minimum Gasteiger partial charge on any atom is -0.309 e. The van der Waals surface area contributed by atoms with Crippen molar-refractivity contribution in [3.63, 3.8) is 0 Å². The van der Waals surface area contributed by atoms with Gasteiger partial charge in [-0.3, -0.25) is 4.57 Å². The monoisotopic (exact) mass is 511 g/mol. The van der Waals surface area contributed by atoms with Gasteiger partial charge in [0.25, 0.3) is 0 Å². The summed E-state index contributed by atoms with van der Waals surface area (Å²) in [4.78, 5) is 5.03. The van der Waals surface area contributed by atoms with Gasteiger partial charge in [-0.1, -0.05) is 97.1 Å². The summed E-state index contributed by atoms with van der Waals surface area (Å²) >= 11 is 0. The average molecular weight is 512 g/mol. The summed E-state index contributed by atoms with van der Waals surface area (Å²) in [7, 11) is 0. The summed E-state index contributed by atoms with van der Waals surface area (Å²) in [5.74, 6) is 0.945. The zero-order valence-corrected chi connectivity index (χ0v) is 21.8. The molecule has 6 aromatic carbocycles.